The third kappa shape index (κ3) is 7.20. The Kier molecular flexibility index (Phi) is 8.19. The zero-order valence-corrected chi connectivity index (χ0v) is 25.5. The van der Waals surface area contributed by atoms with Crippen LogP contribution in [0.1, 0.15) is 22.3 Å². The van der Waals surface area contributed by atoms with Gasteiger partial charge in [-0.1, -0.05) is 70.8 Å². The highest BCUT2D eigenvalue weighted by atomic mass is 31.3. The van der Waals surface area contributed by atoms with E-state index in [1.54, 1.807) is 0 Å². The zero-order chi connectivity index (χ0) is 28.4. The van der Waals surface area contributed by atoms with Crippen molar-refractivity contribution in [2.75, 3.05) is 0 Å². The highest BCUT2D eigenvalue weighted by Gasteiger charge is 2.72. The van der Waals surface area contributed by atoms with Crippen molar-refractivity contribution in [3.8, 4) is 23.0 Å². The van der Waals surface area contributed by atoms with Crippen LogP contribution in [0.15, 0.2) is 97.1 Å². The molecule has 0 aromatic heterocycles. The van der Waals surface area contributed by atoms with E-state index in [1.807, 2.05) is 125 Å². The van der Waals surface area contributed by atoms with Crippen molar-refractivity contribution in [3.05, 3.63) is 119 Å². The van der Waals surface area contributed by atoms with E-state index in [-0.39, 0.29) is 0 Å². The quantitative estimate of drug-likeness (QED) is 0.129. The molecule has 0 bridgehead atoms. The molecule has 0 radical (unpaired) electrons. The van der Waals surface area contributed by atoms with Gasteiger partial charge in [0.2, 0.25) is 7.51 Å². The van der Waals surface area contributed by atoms with Crippen LogP contribution >= 0.6 is 23.5 Å². The van der Waals surface area contributed by atoms with Gasteiger partial charge in [0, 0.05) is 0 Å². The molecule has 0 aliphatic carbocycles. The Hall–Kier alpha value is -2.99. The first-order valence-corrected chi connectivity index (χ1v) is 17.8. The molecule has 5 rings (SSSR count). The Morgan fingerprint density at radius 3 is 0.950 bits per heavy atom. The van der Waals surface area contributed by atoms with Crippen molar-refractivity contribution < 1.29 is 18.1 Å². The van der Waals surface area contributed by atoms with Crippen molar-refractivity contribution in [1.29, 1.82) is 5.16 Å². The summed E-state index contributed by atoms with van der Waals surface area (Å²) in [6.45, 7) is 8.00. The van der Waals surface area contributed by atoms with Crippen LogP contribution in [0.25, 0.3) is 0 Å². The number of nitrogens with one attached hydrogen (secondary N) is 4. The summed E-state index contributed by atoms with van der Waals surface area (Å²) in [5.41, 5.74) is 10.9. The maximum Gasteiger partial charge on any atom is 0.566 e. The van der Waals surface area contributed by atoms with E-state index in [2.05, 4.69) is 14.6 Å². The van der Waals surface area contributed by atoms with Crippen molar-refractivity contribution in [2.45, 2.75) is 27.7 Å². The average Bonchev–Trinajstić information content (AvgIpc) is 2.89. The summed E-state index contributed by atoms with van der Waals surface area (Å²) in [6, 6.07) is 30.4. The molecule has 6 N–H and O–H groups in total. The Morgan fingerprint density at radius 2 is 0.725 bits per heavy atom. The fourth-order valence-electron chi connectivity index (χ4n) is 3.85. The van der Waals surface area contributed by atoms with E-state index in [9.17, 15) is 0 Å². The molecular weight excluding hydrogens is 563 g/mol. The molecule has 4 aromatic carbocycles. The van der Waals surface area contributed by atoms with Gasteiger partial charge in [-0.25, -0.2) is 0 Å². The van der Waals surface area contributed by atoms with E-state index >= 15 is 0 Å². The third-order valence-electron chi connectivity index (χ3n) is 5.86. The molecule has 4 aromatic rings. The Balaban J connectivity index is 1.61. The number of aryl methyl sites for hydroxylation is 4. The lowest BCUT2D eigenvalue weighted by molar-refractivity contribution is 0.415. The lowest BCUT2D eigenvalue weighted by atomic mass is 10.2. The van der Waals surface area contributed by atoms with E-state index in [4.69, 9.17) is 28.8 Å². The van der Waals surface area contributed by atoms with E-state index in [1.165, 1.54) is 0 Å². The van der Waals surface area contributed by atoms with Crippen molar-refractivity contribution in [1.82, 2.24) is 14.6 Å². The second-order valence-corrected chi connectivity index (χ2v) is 16.5. The van der Waals surface area contributed by atoms with Crippen LogP contribution in [0, 0.1) is 32.9 Å². The smallest absolute Gasteiger partial charge is 0.272 e. The van der Waals surface area contributed by atoms with Gasteiger partial charge in [-0.15, -0.1) is 0 Å². The van der Waals surface area contributed by atoms with Crippen LogP contribution in [0.5, 0.6) is 23.0 Å². The second-order valence-electron chi connectivity index (χ2n) is 9.74. The standard InChI is InChI=1S/C28H34N5O4P3/c1-21-5-13-25(14-6-21)34-39(35-26-15-7-22(2)8-16-26)31-38(29,30)32-40(33-39,36-27-17-9-23(3)10-18-27)37-28-19-11-24(4)12-20-28/h5-20,33H,1-4H3,(H5,29,30,31,32)/q+2. The molecule has 0 amide bonds. The minimum atomic E-state index is -3.43. The van der Waals surface area contributed by atoms with Gasteiger partial charge < -0.3 is 0 Å². The molecule has 0 unspecified atom stereocenters. The molecule has 0 spiro atoms. The highest BCUT2D eigenvalue weighted by Crippen LogP contribution is 2.74. The molecular formula is C28H34N5O4P3+2. The van der Waals surface area contributed by atoms with Gasteiger partial charge in [-0.3, -0.25) is 28.8 Å². The van der Waals surface area contributed by atoms with Gasteiger partial charge in [-0.05, 0) is 85.9 Å². The summed E-state index contributed by atoms with van der Waals surface area (Å²) in [5, 5.41) is 9.10. The van der Waals surface area contributed by atoms with Gasteiger partial charge >= 0.3 is 16.0 Å². The molecule has 1 saturated heterocycles. The molecule has 40 heavy (non-hydrogen) atoms. The minimum absolute atomic E-state index is 0.539. The van der Waals surface area contributed by atoms with Crippen LogP contribution in [-0.2, 0) is 0 Å². The lowest BCUT2D eigenvalue weighted by Gasteiger charge is -2.35. The molecule has 1 heterocycles. The number of hydrogen-bond acceptors (Lipinski definition) is 6. The average molecular weight is 598 g/mol. The van der Waals surface area contributed by atoms with Crippen LogP contribution in [-0.4, -0.2) is 0 Å². The maximum atomic E-state index is 9.10. The van der Waals surface area contributed by atoms with Gasteiger partial charge in [0.05, 0.1) is 0 Å². The lowest BCUT2D eigenvalue weighted by Crippen LogP contribution is -2.49. The molecule has 9 nitrogen and oxygen atoms in total. The predicted octanol–water partition coefficient (Wildman–Crippen LogP) is 8.16. The minimum Gasteiger partial charge on any atom is -0.272 e. The molecule has 1 aliphatic heterocycles. The zero-order valence-electron chi connectivity index (χ0n) is 22.8. The summed E-state index contributed by atoms with van der Waals surface area (Å²) >= 11 is 0. The first-order chi connectivity index (χ1) is 19.0. The molecule has 12 heteroatoms. The predicted molar refractivity (Wildman–Crippen MR) is 164 cm³/mol. The summed E-state index contributed by atoms with van der Waals surface area (Å²) in [4.78, 5) is 9.72. The van der Waals surface area contributed by atoms with E-state index < -0.39 is 23.5 Å². The molecule has 0 atom stereocenters. The molecule has 0 saturated carbocycles. The van der Waals surface area contributed by atoms with Crippen molar-refractivity contribution in [2.24, 2.45) is 5.50 Å². The third-order valence-corrected chi connectivity index (χ3v) is 14.5. The fourth-order valence-corrected chi connectivity index (χ4v) is 13.4. The van der Waals surface area contributed by atoms with Crippen LogP contribution in [0.4, 0.5) is 0 Å². The summed E-state index contributed by atoms with van der Waals surface area (Å²) in [6.07, 6.45) is 0. The van der Waals surface area contributed by atoms with Gasteiger partial charge in [0.15, 0.2) is 23.0 Å². The van der Waals surface area contributed by atoms with E-state index in [0.29, 0.717) is 23.0 Å². The summed E-state index contributed by atoms with van der Waals surface area (Å²) < 4.78 is 26.2. The maximum absolute atomic E-state index is 9.10. The largest absolute Gasteiger partial charge is 0.566 e. The normalized spacial score (nSPS) is 17.0. The number of hydrogen-bond donors (Lipinski definition) is 5. The summed E-state index contributed by atoms with van der Waals surface area (Å²) in [5.74, 6) is 2.15. The van der Waals surface area contributed by atoms with Gasteiger partial charge in [0.1, 0.15) is 4.86 Å². The molecule has 1 fully saturated rings. The fraction of sp³-hybridized carbons (Fsp3) is 0.143. The first kappa shape index (κ1) is 28.5. The summed E-state index contributed by atoms with van der Waals surface area (Å²) in [7, 11) is -10.2. The van der Waals surface area contributed by atoms with Crippen molar-refractivity contribution in [3.63, 3.8) is 0 Å². The van der Waals surface area contributed by atoms with Crippen LogP contribution in [0.2, 0.25) is 0 Å². The van der Waals surface area contributed by atoms with Crippen molar-refractivity contribution >= 4 is 23.5 Å². The first-order valence-electron chi connectivity index (χ1n) is 12.7. The van der Waals surface area contributed by atoms with E-state index in [0.717, 1.165) is 22.3 Å². The van der Waals surface area contributed by atoms with Crippen LogP contribution < -0.4 is 38.2 Å². The topological polar surface area (TPSA) is 123 Å². The monoisotopic (exact) mass is 597 g/mol. The second kappa shape index (κ2) is 11.5. The number of nitrogens with two attached hydrogens (primary N) is 1. The number of rotatable bonds is 8. The van der Waals surface area contributed by atoms with Gasteiger partial charge in [0.25, 0.3) is 0 Å². The Labute approximate surface area is 236 Å². The van der Waals surface area contributed by atoms with Gasteiger partial charge in [-0.2, -0.15) is 0 Å². The highest BCUT2D eigenvalue weighted by molar-refractivity contribution is 7.92. The molecule has 1 aliphatic rings. The Morgan fingerprint density at radius 1 is 0.500 bits per heavy atom. The molecule has 208 valence electrons. The number of benzene rings is 4. The van der Waals surface area contributed by atoms with Crippen LogP contribution in [0.3, 0.4) is 0 Å². The Bertz CT molecular complexity index is 1300. The SMILES string of the molecule is Cc1ccc(O[P+]2(Oc3ccc(C)cc3)NP(=N)(N)N[P+](Oc3ccc(C)cc3)(Oc3ccc(C)cc3)N2)cc1.